The second-order valence-electron chi connectivity index (χ2n) is 6.61. The Morgan fingerprint density at radius 1 is 1.11 bits per heavy atom. The Bertz CT molecular complexity index is 241. The van der Waals surface area contributed by atoms with Gasteiger partial charge in [0.2, 0.25) is 0 Å². The molecule has 1 aliphatic heterocycles. The zero-order chi connectivity index (χ0) is 13.0. The minimum Gasteiger partial charge on any atom is -0.317 e. The number of nitrogens with zero attached hydrogens (tertiary/aromatic N) is 1. The average Bonchev–Trinajstić information content (AvgIpc) is 2.43. The Balaban J connectivity index is 1.82. The maximum absolute atomic E-state index is 3.50. The summed E-state index contributed by atoms with van der Waals surface area (Å²) in [4.78, 5) is 2.77. The normalized spacial score (nSPS) is 32.8. The van der Waals surface area contributed by atoms with E-state index < -0.39 is 0 Å². The number of fused-ring (bicyclic) bond motifs is 1. The predicted molar refractivity (Wildman–Crippen MR) is 78.8 cm³/mol. The number of piperidine rings is 1. The second-order valence-corrected chi connectivity index (χ2v) is 6.61. The molecule has 1 saturated heterocycles. The van der Waals surface area contributed by atoms with Crippen molar-refractivity contribution >= 4 is 0 Å². The standard InChI is InChI=1S/C16H32N2/c1-4-17-11-13(2)14(3)18-10-9-15-7-5-6-8-16(15)12-18/h13-17H,4-12H2,1-3H3. The van der Waals surface area contributed by atoms with E-state index in [1.54, 1.807) is 0 Å². The van der Waals surface area contributed by atoms with Crippen molar-refractivity contribution in [3.05, 3.63) is 0 Å². The van der Waals surface area contributed by atoms with Crippen LogP contribution in [0.5, 0.6) is 0 Å². The summed E-state index contributed by atoms with van der Waals surface area (Å²) in [6.45, 7) is 12.0. The third-order valence-electron chi connectivity index (χ3n) is 5.44. The molecule has 2 aliphatic rings. The summed E-state index contributed by atoms with van der Waals surface area (Å²) in [5.74, 6) is 2.85. The van der Waals surface area contributed by atoms with Crippen molar-refractivity contribution in [2.24, 2.45) is 17.8 Å². The fraction of sp³-hybridized carbons (Fsp3) is 1.00. The lowest BCUT2D eigenvalue weighted by atomic mass is 9.74. The summed E-state index contributed by atoms with van der Waals surface area (Å²) >= 11 is 0. The molecule has 2 nitrogen and oxygen atoms in total. The minimum absolute atomic E-state index is 0.743. The highest BCUT2D eigenvalue weighted by atomic mass is 15.2. The number of rotatable bonds is 5. The van der Waals surface area contributed by atoms with Gasteiger partial charge in [-0.15, -0.1) is 0 Å². The molecule has 1 N–H and O–H groups in total. The molecule has 0 bridgehead atoms. The molecule has 1 heterocycles. The van der Waals surface area contributed by atoms with Crippen LogP contribution in [0.25, 0.3) is 0 Å². The van der Waals surface area contributed by atoms with Gasteiger partial charge in [0.1, 0.15) is 0 Å². The van der Waals surface area contributed by atoms with Crippen molar-refractivity contribution in [2.75, 3.05) is 26.2 Å². The van der Waals surface area contributed by atoms with Crippen LogP contribution in [0.15, 0.2) is 0 Å². The average molecular weight is 252 g/mol. The fourth-order valence-electron chi connectivity index (χ4n) is 3.90. The zero-order valence-corrected chi connectivity index (χ0v) is 12.6. The minimum atomic E-state index is 0.743. The first-order valence-corrected chi connectivity index (χ1v) is 8.17. The largest absolute Gasteiger partial charge is 0.317 e. The van der Waals surface area contributed by atoms with Crippen LogP contribution in [0.4, 0.5) is 0 Å². The number of likely N-dealkylation sites (tertiary alicyclic amines) is 1. The molecule has 2 rings (SSSR count). The third-order valence-corrected chi connectivity index (χ3v) is 5.44. The van der Waals surface area contributed by atoms with Gasteiger partial charge in [-0.05, 0) is 57.2 Å². The lowest BCUT2D eigenvalue weighted by Gasteiger charge is -2.45. The summed E-state index contributed by atoms with van der Waals surface area (Å²) < 4.78 is 0. The summed E-state index contributed by atoms with van der Waals surface area (Å²) in [5.41, 5.74) is 0. The van der Waals surface area contributed by atoms with Crippen molar-refractivity contribution < 1.29 is 0 Å². The molecule has 0 aromatic carbocycles. The Morgan fingerprint density at radius 3 is 2.56 bits per heavy atom. The highest BCUT2D eigenvalue weighted by molar-refractivity contribution is 4.86. The van der Waals surface area contributed by atoms with Crippen LogP contribution >= 0.6 is 0 Å². The summed E-state index contributed by atoms with van der Waals surface area (Å²) in [7, 11) is 0. The molecule has 0 radical (unpaired) electrons. The molecule has 1 saturated carbocycles. The quantitative estimate of drug-likeness (QED) is 0.809. The first-order chi connectivity index (χ1) is 8.72. The van der Waals surface area contributed by atoms with Crippen LogP contribution in [0.3, 0.4) is 0 Å². The molecule has 2 heteroatoms. The molecule has 18 heavy (non-hydrogen) atoms. The van der Waals surface area contributed by atoms with Gasteiger partial charge in [0, 0.05) is 12.6 Å². The van der Waals surface area contributed by atoms with E-state index in [9.17, 15) is 0 Å². The lowest BCUT2D eigenvalue weighted by molar-refractivity contribution is 0.0453. The maximum Gasteiger partial charge on any atom is 0.0105 e. The highest BCUT2D eigenvalue weighted by Gasteiger charge is 2.33. The Labute approximate surface area is 114 Å². The molecule has 0 aromatic heterocycles. The van der Waals surface area contributed by atoms with Gasteiger partial charge >= 0.3 is 0 Å². The van der Waals surface area contributed by atoms with Gasteiger partial charge in [0.15, 0.2) is 0 Å². The van der Waals surface area contributed by atoms with Crippen molar-refractivity contribution in [2.45, 2.75) is 58.9 Å². The van der Waals surface area contributed by atoms with Crippen LogP contribution in [0.2, 0.25) is 0 Å². The molecular formula is C16H32N2. The van der Waals surface area contributed by atoms with Crippen molar-refractivity contribution in [3.63, 3.8) is 0 Å². The fourth-order valence-corrected chi connectivity index (χ4v) is 3.90. The van der Waals surface area contributed by atoms with Crippen LogP contribution in [-0.4, -0.2) is 37.1 Å². The van der Waals surface area contributed by atoms with Gasteiger partial charge in [-0.1, -0.05) is 33.1 Å². The summed E-state index contributed by atoms with van der Waals surface area (Å²) in [6, 6.07) is 0.743. The van der Waals surface area contributed by atoms with E-state index in [1.807, 2.05) is 0 Å². The maximum atomic E-state index is 3.50. The Kier molecular flexibility index (Phi) is 5.50. The van der Waals surface area contributed by atoms with E-state index in [0.29, 0.717) is 0 Å². The van der Waals surface area contributed by atoms with Crippen LogP contribution < -0.4 is 5.32 Å². The first-order valence-electron chi connectivity index (χ1n) is 8.17. The molecule has 2 fully saturated rings. The molecular weight excluding hydrogens is 220 g/mol. The van der Waals surface area contributed by atoms with E-state index in [4.69, 9.17) is 0 Å². The molecule has 0 amide bonds. The van der Waals surface area contributed by atoms with Gasteiger partial charge in [-0.25, -0.2) is 0 Å². The molecule has 106 valence electrons. The van der Waals surface area contributed by atoms with E-state index >= 15 is 0 Å². The smallest absolute Gasteiger partial charge is 0.0105 e. The summed E-state index contributed by atoms with van der Waals surface area (Å²) in [5, 5.41) is 3.50. The van der Waals surface area contributed by atoms with Gasteiger partial charge in [-0.3, -0.25) is 0 Å². The van der Waals surface area contributed by atoms with Crippen LogP contribution in [0, 0.1) is 17.8 Å². The van der Waals surface area contributed by atoms with Gasteiger partial charge in [0.05, 0.1) is 0 Å². The Morgan fingerprint density at radius 2 is 1.83 bits per heavy atom. The van der Waals surface area contributed by atoms with Crippen LogP contribution in [0.1, 0.15) is 52.9 Å². The number of hydrogen-bond donors (Lipinski definition) is 1. The number of nitrogens with one attached hydrogen (secondary N) is 1. The van der Waals surface area contributed by atoms with Crippen molar-refractivity contribution in [1.29, 1.82) is 0 Å². The molecule has 1 aliphatic carbocycles. The Hall–Kier alpha value is -0.0800. The van der Waals surface area contributed by atoms with Gasteiger partial charge in [0.25, 0.3) is 0 Å². The molecule has 4 unspecified atom stereocenters. The van der Waals surface area contributed by atoms with Gasteiger partial charge in [-0.2, -0.15) is 0 Å². The van der Waals surface area contributed by atoms with E-state index in [-0.39, 0.29) is 0 Å². The third kappa shape index (κ3) is 3.48. The van der Waals surface area contributed by atoms with Crippen molar-refractivity contribution in [1.82, 2.24) is 10.2 Å². The zero-order valence-electron chi connectivity index (χ0n) is 12.6. The van der Waals surface area contributed by atoms with E-state index in [0.717, 1.165) is 30.3 Å². The number of hydrogen-bond acceptors (Lipinski definition) is 2. The molecule has 4 atom stereocenters. The van der Waals surface area contributed by atoms with Gasteiger partial charge < -0.3 is 10.2 Å². The first kappa shape index (κ1) is 14.3. The predicted octanol–water partition coefficient (Wildman–Crippen LogP) is 3.13. The molecule has 0 spiro atoms. The topological polar surface area (TPSA) is 15.3 Å². The van der Waals surface area contributed by atoms with Crippen LogP contribution in [-0.2, 0) is 0 Å². The lowest BCUT2D eigenvalue weighted by Crippen LogP contribution is -2.49. The SMILES string of the molecule is CCNCC(C)C(C)N1CCC2CCCCC2C1. The summed E-state index contributed by atoms with van der Waals surface area (Å²) in [6.07, 6.45) is 7.45. The molecule has 0 aromatic rings. The highest BCUT2D eigenvalue weighted by Crippen LogP contribution is 2.37. The monoisotopic (exact) mass is 252 g/mol. The van der Waals surface area contributed by atoms with Crippen molar-refractivity contribution in [3.8, 4) is 0 Å². The second kappa shape index (κ2) is 6.91. The van der Waals surface area contributed by atoms with E-state index in [1.165, 1.54) is 51.7 Å². The van der Waals surface area contributed by atoms with E-state index in [2.05, 4.69) is 31.0 Å².